The van der Waals surface area contributed by atoms with Gasteiger partial charge in [0, 0.05) is 13.0 Å². The fraction of sp³-hybridized carbons (Fsp3) is 0.263. The molecule has 1 fully saturated rings. The molecule has 7 nitrogen and oxygen atoms in total. The Bertz CT molecular complexity index is 905. The largest absolute Gasteiger partial charge is 0.325 e. The minimum absolute atomic E-state index is 0.00962. The van der Waals surface area contributed by atoms with Crippen LogP contribution in [0.2, 0.25) is 0 Å². The van der Waals surface area contributed by atoms with Gasteiger partial charge in [-0.2, -0.15) is 5.10 Å². The number of carbonyl (C=O) groups is 3. The first kappa shape index (κ1) is 17.6. The minimum atomic E-state index is -0.929. The van der Waals surface area contributed by atoms with Crippen molar-refractivity contribution in [2.45, 2.75) is 25.8 Å². The number of rotatable bonds is 5. The molecule has 0 saturated carbocycles. The van der Waals surface area contributed by atoms with Crippen LogP contribution in [-0.4, -0.2) is 41.0 Å². The van der Waals surface area contributed by atoms with Crippen LogP contribution in [0.5, 0.6) is 0 Å². The van der Waals surface area contributed by atoms with Crippen LogP contribution < -0.4 is 10.7 Å². The Morgan fingerprint density at radius 1 is 1.19 bits per heavy atom. The third-order valence-electron chi connectivity index (χ3n) is 4.18. The number of urea groups is 1. The summed E-state index contributed by atoms with van der Waals surface area (Å²) in [7, 11) is 0. The van der Waals surface area contributed by atoms with Crippen molar-refractivity contribution in [2.24, 2.45) is 5.10 Å². The van der Waals surface area contributed by atoms with Gasteiger partial charge in [0.1, 0.15) is 5.54 Å². The third-order valence-corrected chi connectivity index (χ3v) is 4.18. The topological polar surface area (TPSA) is 90.9 Å². The number of amides is 4. The molecule has 3 rings (SSSR count). The second kappa shape index (κ2) is 6.95. The Hall–Kier alpha value is -3.22. The summed E-state index contributed by atoms with van der Waals surface area (Å²) in [6, 6.07) is 13.4. The van der Waals surface area contributed by atoms with Crippen molar-refractivity contribution in [1.29, 1.82) is 0 Å². The lowest BCUT2D eigenvalue weighted by molar-refractivity contribution is -0.130. The van der Waals surface area contributed by atoms with Crippen molar-refractivity contribution >= 4 is 34.8 Å². The summed E-state index contributed by atoms with van der Waals surface area (Å²) in [5.41, 5.74) is 2.35. The molecule has 1 aliphatic rings. The quantitative estimate of drug-likeness (QED) is 0.490. The van der Waals surface area contributed by atoms with E-state index in [1.165, 1.54) is 0 Å². The molecular formula is C19H20N4O3. The Kier molecular flexibility index (Phi) is 4.71. The van der Waals surface area contributed by atoms with E-state index < -0.39 is 11.6 Å². The maximum atomic E-state index is 12.0. The minimum Gasteiger partial charge on any atom is -0.324 e. The first-order valence-corrected chi connectivity index (χ1v) is 8.32. The van der Waals surface area contributed by atoms with E-state index >= 15 is 0 Å². The summed E-state index contributed by atoms with van der Waals surface area (Å²) in [5, 5.41) is 8.72. The second-order valence-electron chi connectivity index (χ2n) is 6.66. The number of imide groups is 1. The molecule has 1 heterocycles. The van der Waals surface area contributed by atoms with Gasteiger partial charge in [0.05, 0.1) is 6.21 Å². The van der Waals surface area contributed by atoms with Crippen molar-refractivity contribution in [2.75, 3.05) is 6.54 Å². The number of benzene rings is 2. The Labute approximate surface area is 151 Å². The normalized spacial score (nSPS) is 16.3. The second-order valence-corrected chi connectivity index (χ2v) is 6.66. The van der Waals surface area contributed by atoms with Crippen LogP contribution >= 0.6 is 0 Å². The van der Waals surface area contributed by atoms with E-state index in [4.69, 9.17) is 0 Å². The summed E-state index contributed by atoms with van der Waals surface area (Å²) in [5.74, 6) is -0.706. The van der Waals surface area contributed by atoms with Gasteiger partial charge in [0.25, 0.3) is 5.91 Å². The molecule has 2 aromatic carbocycles. The molecule has 1 aliphatic heterocycles. The molecule has 0 atom stereocenters. The highest BCUT2D eigenvalue weighted by atomic mass is 16.2. The zero-order chi connectivity index (χ0) is 18.7. The molecule has 7 heteroatoms. The summed E-state index contributed by atoms with van der Waals surface area (Å²) >= 11 is 0. The van der Waals surface area contributed by atoms with Crippen molar-refractivity contribution in [1.82, 2.24) is 15.6 Å². The monoisotopic (exact) mass is 352 g/mol. The van der Waals surface area contributed by atoms with Crippen LogP contribution in [0.3, 0.4) is 0 Å². The molecule has 2 aromatic rings. The fourth-order valence-corrected chi connectivity index (χ4v) is 2.76. The van der Waals surface area contributed by atoms with Crippen molar-refractivity contribution < 1.29 is 14.4 Å². The lowest BCUT2D eigenvalue weighted by Gasteiger charge is -2.15. The van der Waals surface area contributed by atoms with Gasteiger partial charge < -0.3 is 5.32 Å². The molecule has 0 radical (unpaired) electrons. The van der Waals surface area contributed by atoms with Crippen LogP contribution in [0.25, 0.3) is 10.8 Å². The highest BCUT2D eigenvalue weighted by Gasteiger charge is 2.43. The predicted octanol–water partition coefficient (Wildman–Crippen LogP) is 2.01. The number of hydrogen-bond acceptors (Lipinski definition) is 4. The molecule has 0 spiro atoms. The first-order valence-electron chi connectivity index (χ1n) is 8.32. The molecule has 26 heavy (non-hydrogen) atoms. The Morgan fingerprint density at radius 2 is 1.92 bits per heavy atom. The molecule has 134 valence electrons. The zero-order valence-electron chi connectivity index (χ0n) is 14.7. The van der Waals surface area contributed by atoms with Crippen molar-refractivity contribution in [3.05, 3.63) is 48.0 Å². The van der Waals surface area contributed by atoms with Gasteiger partial charge in [0.2, 0.25) is 5.91 Å². The summed E-state index contributed by atoms with van der Waals surface area (Å²) in [6.07, 6.45) is 1.55. The summed E-state index contributed by atoms with van der Waals surface area (Å²) in [6.45, 7) is 3.27. The van der Waals surface area contributed by atoms with Gasteiger partial charge in [-0.1, -0.05) is 36.4 Å². The molecule has 0 aliphatic carbocycles. The predicted molar refractivity (Wildman–Crippen MR) is 98.6 cm³/mol. The standard InChI is InChI=1S/C19H20N4O3/c1-19(2)17(25)23(18(26)21-19)10-9-16(24)22-20-12-13-7-8-14-5-3-4-6-15(14)11-13/h3-8,11-12H,9-10H2,1-2H3,(H,21,26)(H,22,24)/b20-12-. The molecule has 0 aromatic heterocycles. The van der Waals surface area contributed by atoms with Crippen LogP contribution in [0.1, 0.15) is 25.8 Å². The lowest BCUT2D eigenvalue weighted by atomic mass is 10.1. The van der Waals surface area contributed by atoms with Gasteiger partial charge in [0.15, 0.2) is 0 Å². The molecule has 4 amide bonds. The van der Waals surface area contributed by atoms with Crippen LogP contribution in [0, 0.1) is 0 Å². The van der Waals surface area contributed by atoms with Gasteiger partial charge in [-0.3, -0.25) is 14.5 Å². The lowest BCUT2D eigenvalue weighted by Crippen LogP contribution is -2.40. The number of hydrazone groups is 1. The van der Waals surface area contributed by atoms with E-state index in [0.717, 1.165) is 21.2 Å². The summed E-state index contributed by atoms with van der Waals surface area (Å²) < 4.78 is 0. The van der Waals surface area contributed by atoms with E-state index in [1.54, 1.807) is 20.1 Å². The van der Waals surface area contributed by atoms with E-state index in [1.807, 2.05) is 42.5 Å². The van der Waals surface area contributed by atoms with Crippen LogP contribution in [0.15, 0.2) is 47.6 Å². The maximum absolute atomic E-state index is 12.0. The molecule has 0 bridgehead atoms. The summed E-state index contributed by atoms with van der Waals surface area (Å²) in [4.78, 5) is 36.7. The number of hydrogen-bond donors (Lipinski definition) is 2. The maximum Gasteiger partial charge on any atom is 0.325 e. The van der Waals surface area contributed by atoms with E-state index in [-0.39, 0.29) is 24.8 Å². The van der Waals surface area contributed by atoms with E-state index in [2.05, 4.69) is 15.8 Å². The number of nitrogens with one attached hydrogen (secondary N) is 2. The number of fused-ring (bicyclic) bond motifs is 1. The SMILES string of the molecule is CC1(C)NC(=O)N(CCC(=O)N/N=C\c2ccc3ccccc3c2)C1=O. The highest BCUT2D eigenvalue weighted by Crippen LogP contribution is 2.16. The smallest absolute Gasteiger partial charge is 0.324 e. The van der Waals surface area contributed by atoms with Gasteiger partial charge >= 0.3 is 6.03 Å². The molecule has 0 unspecified atom stereocenters. The third kappa shape index (κ3) is 3.72. The van der Waals surface area contributed by atoms with Crippen LogP contribution in [-0.2, 0) is 9.59 Å². The number of nitrogens with zero attached hydrogens (tertiary/aromatic N) is 2. The molecule has 2 N–H and O–H groups in total. The number of carbonyl (C=O) groups excluding carboxylic acids is 3. The van der Waals surface area contributed by atoms with Gasteiger partial charge in [-0.25, -0.2) is 10.2 Å². The van der Waals surface area contributed by atoms with E-state index in [9.17, 15) is 14.4 Å². The van der Waals surface area contributed by atoms with Gasteiger partial charge in [-0.15, -0.1) is 0 Å². The highest BCUT2D eigenvalue weighted by molar-refractivity contribution is 6.06. The Morgan fingerprint density at radius 3 is 2.62 bits per heavy atom. The zero-order valence-corrected chi connectivity index (χ0v) is 14.7. The van der Waals surface area contributed by atoms with Crippen molar-refractivity contribution in [3.8, 4) is 0 Å². The molecular weight excluding hydrogens is 332 g/mol. The van der Waals surface area contributed by atoms with Gasteiger partial charge in [-0.05, 0) is 36.2 Å². The van der Waals surface area contributed by atoms with Crippen LogP contribution in [0.4, 0.5) is 4.79 Å². The van der Waals surface area contributed by atoms with E-state index in [0.29, 0.717) is 0 Å². The van der Waals surface area contributed by atoms with Crippen molar-refractivity contribution in [3.63, 3.8) is 0 Å². The first-order chi connectivity index (χ1) is 12.4. The molecule has 1 saturated heterocycles. The average molecular weight is 352 g/mol. The fourth-order valence-electron chi connectivity index (χ4n) is 2.76. The Balaban J connectivity index is 1.53. The average Bonchev–Trinajstić information content (AvgIpc) is 2.80.